The summed E-state index contributed by atoms with van der Waals surface area (Å²) in [7, 11) is 0. The Labute approximate surface area is 102 Å². The van der Waals surface area contributed by atoms with E-state index in [1.54, 1.807) is 0 Å². The summed E-state index contributed by atoms with van der Waals surface area (Å²) in [5.74, 6) is 0. The van der Waals surface area contributed by atoms with Crippen molar-refractivity contribution in [2.75, 3.05) is 0 Å². The highest BCUT2D eigenvalue weighted by Crippen LogP contribution is 2.52. The number of rotatable bonds is 1. The van der Waals surface area contributed by atoms with Crippen LogP contribution in [0.2, 0.25) is 0 Å². The molecule has 14 heavy (non-hydrogen) atoms. The van der Waals surface area contributed by atoms with Crippen LogP contribution in [-0.2, 0) is 5.41 Å². The molecule has 0 fully saturated rings. The number of hydrogen-bond acceptors (Lipinski definition) is 0. The van der Waals surface area contributed by atoms with Crippen molar-refractivity contribution in [2.45, 2.75) is 25.7 Å². The van der Waals surface area contributed by atoms with Gasteiger partial charge in [-0.2, -0.15) is 0 Å². The second-order valence-corrected chi connectivity index (χ2v) is 5.45. The van der Waals surface area contributed by atoms with Crippen molar-refractivity contribution in [1.29, 1.82) is 0 Å². The molecule has 0 spiro atoms. The molecule has 0 aromatic heterocycles. The third-order valence-electron chi connectivity index (χ3n) is 3.14. The quantitative estimate of drug-likeness (QED) is 0.696. The Morgan fingerprint density at radius 3 is 2.50 bits per heavy atom. The first kappa shape index (κ1) is 10.4. The van der Waals surface area contributed by atoms with Gasteiger partial charge in [-0.25, -0.2) is 0 Å². The summed E-state index contributed by atoms with van der Waals surface area (Å²) < 4.78 is 2.48. The van der Waals surface area contributed by atoms with Crippen molar-refractivity contribution in [1.82, 2.24) is 0 Å². The van der Waals surface area contributed by atoms with E-state index in [0.29, 0.717) is 0 Å². The van der Waals surface area contributed by atoms with E-state index in [1.165, 1.54) is 20.1 Å². The fourth-order valence-electron chi connectivity index (χ4n) is 1.98. The summed E-state index contributed by atoms with van der Waals surface area (Å²) >= 11 is 7.35. The van der Waals surface area contributed by atoms with Crippen LogP contribution in [0.5, 0.6) is 0 Å². The maximum Gasteiger partial charge on any atom is 0.0361 e. The Morgan fingerprint density at radius 1 is 1.21 bits per heavy atom. The van der Waals surface area contributed by atoms with E-state index in [0.717, 1.165) is 6.42 Å². The third-order valence-corrected chi connectivity index (χ3v) is 5.77. The Kier molecular flexibility index (Phi) is 2.61. The second-order valence-electron chi connectivity index (χ2n) is 3.86. The zero-order chi connectivity index (χ0) is 10.3. The topological polar surface area (TPSA) is 0 Å². The summed E-state index contributed by atoms with van der Waals surface area (Å²) in [4.78, 5) is 0. The molecule has 0 amide bonds. The van der Waals surface area contributed by atoms with Crippen LogP contribution in [-0.4, -0.2) is 0 Å². The molecule has 0 saturated carbocycles. The summed E-state index contributed by atoms with van der Waals surface area (Å²) in [6.45, 7) is 4.51. The molecule has 0 saturated heterocycles. The zero-order valence-corrected chi connectivity index (χ0v) is 11.4. The molecule has 74 valence electrons. The maximum atomic E-state index is 3.70. The minimum absolute atomic E-state index is 0.148. The monoisotopic (exact) mass is 314 g/mol. The van der Waals surface area contributed by atoms with Crippen molar-refractivity contribution in [3.63, 3.8) is 0 Å². The number of allylic oxidation sites excluding steroid dienone is 1. The molecule has 1 atom stereocenters. The molecule has 0 radical (unpaired) electrons. The van der Waals surface area contributed by atoms with Gasteiger partial charge in [0.05, 0.1) is 0 Å². The largest absolute Gasteiger partial charge is 0.0642 e. The Hall–Kier alpha value is -0.0800. The fourth-order valence-corrected chi connectivity index (χ4v) is 3.47. The lowest BCUT2D eigenvalue weighted by Crippen LogP contribution is -2.18. The van der Waals surface area contributed by atoms with Crippen molar-refractivity contribution >= 4 is 36.3 Å². The highest BCUT2D eigenvalue weighted by Gasteiger charge is 2.37. The van der Waals surface area contributed by atoms with Crippen molar-refractivity contribution in [3.8, 4) is 0 Å². The van der Waals surface area contributed by atoms with E-state index < -0.39 is 0 Å². The first-order valence-corrected chi connectivity index (χ1v) is 6.35. The molecule has 0 N–H and O–H groups in total. The predicted octanol–water partition coefficient (Wildman–Crippen LogP) is 4.83. The van der Waals surface area contributed by atoms with Gasteiger partial charge in [-0.3, -0.25) is 0 Å². The van der Waals surface area contributed by atoms with Crippen molar-refractivity contribution in [2.24, 2.45) is 0 Å². The predicted molar refractivity (Wildman–Crippen MR) is 68.9 cm³/mol. The molecule has 0 nitrogen and oxygen atoms in total. The summed E-state index contributed by atoms with van der Waals surface area (Å²) in [6.07, 6.45) is 1.11. The van der Waals surface area contributed by atoms with Gasteiger partial charge in [0.25, 0.3) is 0 Å². The molecular formula is C12H12Br2. The molecule has 2 rings (SSSR count). The van der Waals surface area contributed by atoms with Gasteiger partial charge in [-0.05, 0) is 33.5 Å². The molecule has 1 aliphatic rings. The van der Waals surface area contributed by atoms with E-state index in [-0.39, 0.29) is 5.41 Å². The number of benzene rings is 1. The molecule has 0 aliphatic heterocycles. The molecule has 0 heterocycles. The van der Waals surface area contributed by atoms with E-state index in [4.69, 9.17) is 0 Å². The molecule has 0 bridgehead atoms. The van der Waals surface area contributed by atoms with Crippen LogP contribution in [0.4, 0.5) is 0 Å². The van der Waals surface area contributed by atoms with Crippen LogP contribution in [0.15, 0.2) is 28.7 Å². The number of halogens is 2. The number of hydrogen-bond donors (Lipinski definition) is 0. The maximum absolute atomic E-state index is 3.70. The normalized spacial score (nSPS) is 25.4. The van der Waals surface area contributed by atoms with E-state index >= 15 is 0 Å². The highest BCUT2D eigenvalue weighted by molar-refractivity contribution is 9.16. The van der Waals surface area contributed by atoms with Crippen molar-refractivity contribution in [3.05, 3.63) is 39.9 Å². The zero-order valence-electron chi connectivity index (χ0n) is 8.27. The van der Waals surface area contributed by atoms with E-state index in [2.05, 4.69) is 70.0 Å². The molecule has 1 aromatic carbocycles. The lowest BCUT2D eigenvalue weighted by atomic mass is 9.82. The van der Waals surface area contributed by atoms with Crippen molar-refractivity contribution < 1.29 is 0 Å². The lowest BCUT2D eigenvalue weighted by Gasteiger charge is -2.24. The van der Waals surface area contributed by atoms with Gasteiger partial charge in [-0.15, -0.1) is 0 Å². The summed E-state index contributed by atoms with van der Waals surface area (Å²) in [5, 5.41) is 0. The fraction of sp³-hybridized carbons (Fsp3) is 0.333. The summed E-state index contributed by atoms with van der Waals surface area (Å²) in [5.41, 5.74) is 2.89. The minimum atomic E-state index is 0.148. The minimum Gasteiger partial charge on any atom is -0.0642 e. The van der Waals surface area contributed by atoms with Gasteiger partial charge in [-0.1, -0.05) is 54.0 Å². The van der Waals surface area contributed by atoms with E-state index in [9.17, 15) is 0 Å². The Bertz CT molecular complexity index is 407. The van der Waals surface area contributed by atoms with Gasteiger partial charge in [0.15, 0.2) is 0 Å². The molecule has 2 heteroatoms. The highest BCUT2D eigenvalue weighted by atomic mass is 79.9. The van der Waals surface area contributed by atoms with Gasteiger partial charge >= 0.3 is 0 Å². The number of fused-ring (bicyclic) bond motifs is 1. The lowest BCUT2D eigenvalue weighted by molar-refractivity contribution is 0.576. The van der Waals surface area contributed by atoms with Gasteiger partial charge in [0.1, 0.15) is 0 Å². The Morgan fingerprint density at radius 2 is 1.86 bits per heavy atom. The summed E-state index contributed by atoms with van der Waals surface area (Å²) in [6, 6.07) is 8.58. The van der Waals surface area contributed by atoms with Gasteiger partial charge in [0, 0.05) is 14.4 Å². The SMILES string of the molecule is CCC1(C)C(Br)=C(Br)c2ccccc21. The standard InChI is InChI=1S/C12H12Br2/c1-3-12(2)9-7-5-4-6-8(9)10(13)11(12)14/h4-7H,3H2,1-2H3. The smallest absolute Gasteiger partial charge is 0.0361 e. The van der Waals surface area contributed by atoms with E-state index in [1.807, 2.05) is 0 Å². The molecule has 1 aromatic rings. The Balaban J connectivity index is 2.70. The third kappa shape index (κ3) is 1.24. The van der Waals surface area contributed by atoms with Gasteiger partial charge < -0.3 is 0 Å². The first-order valence-electron chi connectivity index (χ1n) is 4.77. The average molecular weight is 316 g/mol. The van der Waals surface area contributed by atoms with Crippen LogP contribution >= 0.6 is 31.9 Å². The molecular weight excluding hydrogens is 304 g/mol. The van der Waals surface area contributed by atoms with Crippen LogP contribution < -0.4 is 0 Å². The average Bonchev–Trinajstić information content (AvgIpc) is 2.43. The van der Waals surface area contributed by atoms with Gasteiger partial charge in [0.2, 0.25) is 0 Å². The second kappa shape index (κ2) is 3.49. The van der Waals surface area contributed by atoms with Crippen LogP contribution in [0, 0.1) is 0 Å². The van der Waals surface area contributed by atoms with Crippen LogP contribution in [0.25, 0.3) is 4.48 Å². The molecule has 1 unspecified atom stereocenters. The van der Waals surface area contributed by atoms with Crippen LogP contribution in [0.1, 0.15) is 31.4 Å². The molecule has 1 aliphatic carbocycles. The first-order chi connectivity index (χ1) is 6.61. The van der Waals surface area contributed by atoms with Crippen LogP contribution in [0.3, 0.4) is 0 Å².